The van der Waals surface area contributed by atoms with E-state index in [2.05, 4.69) is 42.9 Å². The van der Waals surface area contributed by atoms with Crippen molar-refractivity contribution >= 4 is 34.9 Å². The average Bonchev–Trinajstić information content (AvgIpc) is 3.58. The molecule has 0 saturated carbocycles. The Morgan fingerprint density at radius 3 is 2.45 bits per heavy atom. The van der Waals surface area contributed by atoms with Crippen LogP contribution in [0.5, 0.6) is 0 Å². The molecule has 1 aromatic heterocycles. The largest absolute Gasteiger partial charge is 0.481 e. The minimum atomic E-state index is -0.903. The van der Waals surface area contributed by atoms with Crippen LogP contribution in [-0.4, -0.2) is 81.9 Å². The van der Waals surface area contributed by atoms with E-state index in [4.69, 9.17) is 4.74 Å². The van der Waals surface area contributed by atoms with E-state index >= 15 is 0 Å². The molecule has 0 radical (unpaired) electrons. The number of likely N-dealkylation sites (tertiary alicyclic amines) is 1. The highest BCUT2D eigenvalue weighted by Crippen LogP contribution is 2.36. The molecule has 10 nitrogen and oxygen atoms in total. The van der Waals surface area contributed by atoms with Gasteiger partial charge in [0.15, 0.2) is 5.78 Å². The number of piperidine rings is 1. The summed E-state index contributed by atoms with van der Waals surface area (Å²) in [4.78, 5) is 61.4. The molecule has 2 amide bonds. The molecular formula is C38H56N4O6S. The van der Waals surface area contributed by atoms with E-state index in [1.54, 1.807) is 12.3 Å². The molecule has 2 fully saturated rings. The number of likely N-dealkylation sites (N-methyl/N-ethyl adjacent to an activating group) is 1. The first-order chi connectivity index (χ1) is 23.3. The normalized spacial score (nSPS) is 22.7. The van der Waals surface area contributed by atoms with Crippen LogP contribution >= 0.6 is 11.3 Å². The van der Waals surface area contributed by atoms with Crippen molar-refractivity contribution < 1.29 is 29.0 Å². The van der Waals surface area contributed by atoms with Crippen LogP contribution in [0, 0.1) is 30.6 Å². The number of aliphatic carboxylic acids is 1. The number of aryl methyl sites for hydroxylation is 1. The molecule has 2 aromatic rings. The number of amides is 2. The van der Waals surface area contributed by atoms with Gasteiger partial charge in [-0.05, 0) is 63.6 Å². The number of nitrogens with one attached hydrogen (secondary N) is 1. The first-order valence-corrected chi connectivity index (χ1v) is 18.9. The minimum absolute atomic E-state index is 0.0206. The lowest BCUT2D eigenvalue weighted by molar-refractivity contribution is -0.165. The maximum atomic E-state index is 14.2. The smallest absolute Gasteiger partial charge is 0.306 e. The Labute approximate surface area is 296 Å². The van der Waals surface area contributed by atoms with Crippen LogP contribution in [0.1, 0.15) is 112 Å². The molecule has 270 valence electrons. The van der Waals surface area contributed by atoms with Gasteiger partial charge in [-0.15, -0.1) is 11.3 Å². The lowest BCUT2D eigenvalue weighted by Gasteiger charge is -2.43. The highest BCUT2D eigenvalue weighted by atomic mass is 32.1. The maximum Gasteiger partial charge on any atom is 0.306 e. The summed E-state index contributed by atoms with van der Waals surface area (Å²) < 4.78 is 6.28. The first-order valence-electron chi connectivity index (χ1n) is 18.0. The molecule has 11 heteroatoms. The molecule has 2 saturated heterocycles. The Morgan fingerprint density at radius 2 is 1.82 bits per heavy atom. The average molecular weight is 697 g/mol. The van der Waals surface area contributed by atoms with E-state index in [9.17, 15) is 24.3 Å². The van der Waals surface area contributed by atoms with Gasteiger partial charge in [-0.1, -0.05) is 77.3 Å². The summed E-state index contributed by atoms with van der Waals surface area (Å²) in [6.45, 7) is 13.0. The number of carbonyl (C=O) groups is 4. The fraction of sp³-hybridized carbons (Fsp3) is 0.658. The highest BCUT2D eigenvalue weighted by Gasteiger charge is 2.41. The first kappa shape index (κ1) is 38.6. The fourth-order valence-electron chi connectivity index (χ4n) is 7.10. The SMILES string of the molecule is CCC(C)C(CC(=O)C1CCCCN1C)C(=O)N1COC(c2nc(C(=O)NC(Cc3ccc(C)cc3)CC(C)C(=O)O)cs2)CC1C(C)C. The van der Waals surface area contributed by atoms with Crippen molar-refractivity contribution in [3.05, 3.63) is 51.5 Å². The van der Waals surface area contributed by atoms with E-state index in [1.165, 1.54) is 11.3 Å². The summed E-state index contributed by atoms with van der Waals surface area (Å²) in [6.07, 6.45) is 5.00. The number of carboxylic acid groups (broad SMARTS) is 1. The van der Waals surface area contributed by atoms with Crippen molar-refractivity contribution in [3.63, 3.8) is 0 Å². The fourth-order valence-corrected chi connectivity index (χ4v) is 7.96. The number of aromatic nitrogens is 1. The third kappa shape index (κ3) is 10.2. The monoisotopic (exact) mass is 696 g/mol. The number of carboxylic acids is 1. The van der Waals surface area contributed by atoms with Crippen molar-refractivity contribution in [1.29, 1.82) is 0 Å². The van der Waals surface area contributed by atoms with Crippen molar-refractivity contribution in [2.24, 2.45) is 23.7 Å². The molecule has 1 aromatic carbocycles. The van der Waals surface area contributed by atoms with E-state index < -0.39 is 17.8 Å². The van der Waals surface area contributed by atoms with Crippen LogP contribution in [-0.2, 0) is 25.5 Å². The molecule has 2 aliphatic heterocycles. The number of hydrogen-bond acceptors (Lipinski definition) is 8. The molecule has 0 spiro atoms. The Hall–Kier alpha value is -3.15. The van der Waals surface area contributed by atoms with E-state index in [1.807, 2.05) is 43.1 Å². The molecule has 7 atom stereocenters. The van der Waals surface area contributed by atoms with Crippen LogP contribution in [0.15, 0.2) is 29.6 Å². The number of ketones is 1. The number of thiazole rings is 1. The second-order valence-electron chi connectivity index (χ2n) is 14.7. The zero-order valence-corrected chi connectivity index (χ0v) is 31.1. The molecule has 2 N–H and O–H groups in total. The zero-order valence-electron chi connectivity index (χ0n) is 30.3. The van der Waals surface area contributed by atoms with Gasteiger partial charge in [0.25, 0.3) is 5.91 Å². The lowest BCUT2D eigenvalue weighted by Crippen LogP contribution is -2.52. The number of rotatable bonds is 15. The predicted molar refractivity (Wildman–Crippen MR) is 191 cm³/mol. The maximum absolute atomic E-state index is 14.2. The van der Waals surface area contributed by atoms with Gasteiger partial charge in [0.2, 0.25) is 5.91 Å². The third-order valence-corrected chi connectivity index (χ3v) is 11.5. The summed E-state index contributed by atoms with van der Waals surface area (Å²) in [5, 5.41) is 15.0. The topological polar surface area (TPSA) is 129 Å². The Balaban J connectivity index is 1.44. The summed E-state index contributed by atoms with van der Waals surface area (Å²) >= 11 is 1.35. The van der Waals surface area contributed by atoms with Gasteiger partial charge in [-0.25, -0.2) is 4.98 Å². The Morgan fingerprint density at radius 1 is 1.10 bits per heavy atom. The van der Waals surface area contributed by atoms with E-state index in [-0.39, 0.29) is 78.9 Å². The van der Waals surface area contributed by atoms with Crippen LogP contribution < -0.4 is 5.32 Å². The minimum Gasteiger partial charge on any atom is -0.481 e. The Bertz CT molecular complexity index is 1430. The second kappa shape index (κ2) is 17.7. The van der Waals surface area contributed by atoms with Gasteiger partial charge in [0.05, 0.1) is 12.0 Å². The summed E-state index contributed by atoms with van der Waals surface area (Å²) in [7, 11) is 2.01. The molecule has 4 rings (SSSR count). The van der Waals surface area contributed by atoms with Gasteiger partial charge in [0, 0.05) is 36.2 Å². The second-order valence-corrected chi connectivity index (χ2v) is 15.6. The molecule has 0 aliphatic carbocycles. The molecule has 7 unspecified atom stereocenters. The number of benzene rings is 1. The number of Topliss-reactive ketones (excluding diaryl/α,β-unsaturated/α-hetero) is 1. The van der Waals surface area contributed by atoms with E-state index in [0.717, 1.165) is 43.4 Å². The van der Waals surface area contributed by atoms with Crippen molar-refractivity contribution in [2.75, 3.05) is 20.3 Å². The van der Waals surface area contributed by atoms with Gasteiger partial charge in [-0.2, -0.15) is 0 Å². The molecule has 49 heavy (non-hydrogen) atoms. The van der Waals surface area contributed by atoms with Gasteiger partial charge in [0.1, 0.15) is 23.5 Å². The molecular weight excluding hydrogens is 641 g/mol. The summed E-state index contributed by atoms with van der Waals surface area (Å²) in [5.74, 6) is -1.94. The zero-order chi connectivity index (χ0) is 35.8. The summed E-state index contributed by atoms with van der Waals surface area (Å²) in [6, 6.07) is 7.40. The quantitative estimate of drug-likeness (QED) is 0.223. The standard InChI is InChI=1S/C38H56N4O6S/c1-8-25(5)29(19-33(43)31-11-9-10-16-41(31)7)37(45)42-22-48-34(20-32(42)23(2)3)36-40-30(21-49-36)35(44)39-28(17-26(6)38(46)47)18-27-14-12-24(4)13-15-27/h12-15,21,23,25-26,28-29,31-32,34H,8-11,16-20,22H2,1-7H3,(H,39,44)(H,46,47). The number of carbonyl (C=O) groups excluding carboxylic acids is 3. The van der Waals surface area contributed by atoms with Crippen molar-refractivity contribution in [1.82, 2.24) is 20.1 Å². The molecule has 2 aliphatic rings. The van der Waals surface area contributed by atoms with Crippen molar-refractivity contribution in [2.45, 2.75) is 117 Å². The van der Waals surface area contributed by atoms with Crippen LogP contribution in [0.4, 0.5) is 0 Å². The van der Waals surface area contributed by atoms with Gasteiger partial charge < -0.3 is 20.1 Å². The predicted octanol–water partition coefficient (Wildman–Crippen LogP) is 6.28. The van der Waals surface area contributed by atoms with Gasteiger partial charge >= 0.3 is 5.97 Å². The number of ether oxygens (including phenoxy) is 1. The van der Waals surface area contributed by atoms with Gasteiger partial charge in [-0.3, -0.25) is 24.1 Å². The van der Waals surface area contributed by atoms with E-state index in [0.29, 0.717) is 17.8 Å². The molecule has 3 heterocycles. The van der Waals surface area contributed by atoms with Crippen molar-refractivity contribution in [3.8, 4) is 0 Å². The Kier molecular flexibility index (Phi) is 13.9. The number of hydrogen-bond donors (Lipinski definition) is 2. The third-order valence-electron chi connectivity index (χ3n) is 10.6. The highest BCUT2D eigenvalue weighted by molar-refractivity contribution is 7.09. The van der Waals surface area contributed by atoms with Crippen LogP contribution in [0.25, 0.3) is 0 Å². The molecule has 0 bridgehead atoms. The number of nitrogens with zero attached hydrogens (tertiary/aromatic N) is 3. The lowest BCUT2D eigenvalue weighted by atomic mass is 9.82. The van der Waals surface area contributed by atoms with Crippen LogP contribution in [0.3, 0.4) is 0 Å². The summed E-state index contributed by atoms with van der Waals surface area (Å²) in [5.41, 5.74) is 2.41. The van der Waals surface area contributed by atoms with Crippen LogP contribution in [0.2, 0.25) is 0 Å².